The van der Waals surface area contributed by atoms with Crippen LogP contribution in [0.4, 0.5) is 0 Å². The van der Waals surface area contributed by atoms with Gasteiger partial charge in [-0.1, -0.05) is 12.1 Å². The third-order valence-electron chi connectivity index (χ3n) is 5.86. The first-order chi connectivity index (χ1) is 16.1. The Bertz CT molecular complexity index is 1380. The molecule has 5 rings (SSSR count). The third kappa shape index (κ3) is 3.81. The number of hydrogen-bond acceptors (Lipinski definition) is 7. The molecule has 7 heteroatoms. The summed E-state index contributed by atoms with van der Waals surface area (Å²) < 4.78 is 23.0. The molecule has 0 atom stereocenters. The lowest BCUT2D eigenvalue weighted by atomic mass is 10.00. The first-order valence-electron chi connectivity index (χ1n) is 10.7. The molecule has 2 aromatic heterocycles. The van der Waals surface area contributed by atoms with E-state index in [0.29, 0.717) is 59.2 Å². The maximum Gasteiger partial charge on any atom is 0.200 e. The normalized spacial score (nSPS) is 13.4. The zero-order valence-corrected chi connectivity index (χ0v) is 18.8. The highest BCUT2D eigenvalue weighted by molar-refractivity contribution is 5.87. The van der Waals surface area contributed by atoms with Crippen molar-refractivity contribution in [2.24, 2.45) is 0 Å². The number of hydrogen-bond donors (Lipinski definition) is 0. The summed E-state index contributed by atoms with van der Waals surface area (Å²) in [5, 5.41) is 0.521. The van der Waals surface area contributed by atoms with Gasteiger partial charge < -0.3 is 18.6 Å². The average molecular weight is 444 g/mol. The first kappa shape index (κ1) is 21.0. The standard InChI is InChI=1S/C26H24N2O5/c1-16-24(17-7-9-22(30-2)23(12-17)31-3)25(29)19-8-10-21-20(26(19)33-16)14-28(15-32-21)13-18-6-4-5-11-27-18/h4-12H,13-15H2,1-3H3. The van der Waals surface area contributed by atoms with Gasteiger partial charge in [-0.15, -0.1) is 0 Å². The summed E-state index contributed by atoms with van der Waals surface area (Å²) in [4.78, 5) is 20.1. The predicted octanol–water partition coefficient (Wildman–Crippen LogP) is 4.53. The molecule has 0 N–H and O–H groups in total. The van der Waals surface area contributed by atoms with E-state index in [2.05, 4.69) is 9.88 Å². The Morgan fingerprint density at radius 3 is 2.67 bits per heavy atom. The monoisotopic (exact) mass is 444 g/mol. The van der Waals surface area contributed by atoms with E-state index in [9.17, 15) is 4.79 Å². The second-order valence-electron chi connectivity index (χ2n) is 7.93. The average Bonchev–Trinajstić information content (AvgIpc) is 2.84. The summed E-state index contributed by atoms with van der Waals surface area (Å²) in [6, 6.07) is 14.9. The van der Waals surface area contributed by atoms with Gasteiger partial charge in [-0.2, -0.15) is 0 Å². The van der Waals surface area contributed by atoms with Crippen molar-refractivity contribution in [2.75, 3.05) is 21.0 Å². The molecular weight excluding hydrogens is 420 g/mol. The topological polar surface area (TPSA) is 74.0 Å². The van der Waals surface area contributed by atoms with E-state index in [1.807, 2.05) is 37.3 Å². The predicted molar refractivity (Wildman–Crippen MR) is 125 cm³/mol. The smallest absolute Gasteiger partial charge is 0.200 e. The van der Waals surface area contributed by atoms with Gasteiger partial charge in [-0.3, -0.25) is 14.7 Å². The van der Waals surface area contributed by atoms with Crippen LogP contribution in [0, 0.1) is 6.92 Å². The van der Waals surface area contributed by atoms with E-state index in [-0.39, 0.29) is 5.43 Å². The van der Waals surface area contributed by atoms with Crippen molar-refractivity contribution >= 4 is 11.0 Å². The molecule has 3 heterocycles. The number of aryl methyl sites for hydroxylation is 1. The highest BCUT2D eigenvalue weighted by atomic mass is 16.5. The van der Waals surface area contributed by atoms with Crippen molar-refractivity contribution in [2.45, 2.75) is 20.0 Å². The van der Waals surface area contributed by atoms with Gasteiger partial charge in [0.15, 0.2) is 11.5 Å². The van der Waals surface area contributed by atoms with Gasteiger partial charge in [0.2, 0.25) is 5.43 Å². The van der Waals surface area contributed by atoms with Crippen molar-refractivity contribution < 1.29 is 18.6 Å². The minimum Gasteiger partial charge on any atom is -0.493 e. The van der Waals surface area contributed by atoms with Gasteiger partial charge in [-0.05, 0) is 48.9 Å². The van der Waals surface area contributed by atoms with Crippen LogP contribution in [0.1, 0.15) is 17.0 Å². The van der Waals surface area contributed by atoms with Crippen LogP contribution in [0.2, 0.25) is 0 Å². The van der Waals surface area contributed by atoms with Crippen molar-refractivity contribution in [3.63, 3.8) is 0 Å². The number of fused-ring (bicyclic) bond motifs is 3. The van der Waals surface area contributed by atoms with Gasteiger partial charge in [0.1, 0.15) is 23.8 Å². The summed E-state index contributed by atoms with van der Waals surface area (Å²) in [5.41, 5.74) is 3.51. The minimum absolute atomic E-state index is 0.0920. The van der Waals surface area contributed by atoms with Crippen LogP contribution >= 0.6 is 0 Å². The van der Waals surface area contributed by atoms with Crippen LogP contribution in [-0.4, -0.2) is 30.8 Å². The van der Waals surface area contributed by atoms with Crippen LogP contribution < -0.4 is 19.6 Å². The van der Waals surface area contributed by atoms with E-state index in [4.69, 9.17) is 18.6 Å². The first-order valence-corrected chi connectivity index (χ1v) is 10.7. The highest BCUT2D eigenvalue weighted by Crippen LogP contribution is 2.36. The van der Waals surface area contributed by atoms with E-state index in [0.717, 1.165) is 17.0 Å². The van der Waals surface area contributed by atoms with E-state index < -0.39 is 0 Å². The zero-order valence-electron chi connectivity index (χ0n) is 18.8. The molecule has 0 amide bonds. The molecule has 0 radical (unpaired) electrons. The van der Waals surface area contributed by atoms with Gasteiger partial charge in [0.05, 0.1) is 36.4 Å². The maximum absolute atomic E-state index is 13.6. The number of methoxy groups -OCH3 is 2. The molecule has 0 saturated carbocycles. The zero-order chi connectivity index (χ0) is 22.9. The van der Waals surface area contributed by atoms with E-state index in [1.54, 1.807) is 38.6 Å². The maximum atomic E-state index is 13.6. The molecule has 1 aliphatic heterocycles. The van der Waals surface area contributed by atoms with Crippen molar-refractivity contribution in [3.8, 4) is 28.4 Å². The molecule has 0 fully saturated rings. The molecule has 7 nitrogen and oxygen atoms in total. The van der Waals surface area contributed by atoms with Crippen molar-refractivity contribution in [1.29, 1.82) is 0 Å². The molecule has 33 heavy (non-hydrogen) atoms. The molecule has 0 unspecified atom stereocenters. The van der Waals surface area contributed by atoms with Gasteiger partial charge in [0, 0.05) is 19.3 Å². The lowest BCUT2D eigenvalue weighted by Gasteiger charge is -2.29. The van der Waals surface area contributed by atoms with Gasteiger partial charge in [0.25, 0.3) is 0 Å². The van der Waals surface area contributed by atoms with Crippen LogP contribution in [-0.2, 0) is 13.1 Å². The second kappa shape index (κ2) is 8.60. The number of pyridine rings is 1. The van der Waals surface area contributed by atoms with Crippen molar-refractivity contribution in [3.05, 3.63) is 82.0 Å². The fourth-order valence-corrected chi connectivity index (χ4v) is 4.27. The third-order valence-corrected chi connectivity index (χ3v) is 5.86. The minimum atomic E-state index is -0.0920. The Labute approximate surface area is 191 Å². The Kier molecular flexibility index (Phi) is 5.48. The van der Waals surface area contributed by atoms with Crippen molar-refractivity contribution in [1.82, 2.24) is 9.88 Å². The number of nitrogens with zero attached hydrogens (tertiary/aromatic N) is 2. The molecule has 2 aromatic carbocycles. The molecule has 0 saturated heterocycles. The summed E-state index contributed by atoms with van der Waals surface area (Å²) in [7, 11) is 3.15. The fourth-order valence-electron chi connectivity index (χ4n) is 4.27. The molecule has 0 bridgehead atoms. The summed E-state index contributed by atoms with van der Waals surface area (Å²) in [5.74, 6) is 2.43. The largest absolute Gasteiger partial charge is 0.493 e. The van der Waals surface area contributed by atoms with Crippen LogP contribution in [0.5, 0.6) is 17.2 Å². The van der Waals surface area contributed by atoms with E-state index >= 15 is 0 Å². The quantitative estimate of drug-likeness (QED) is 0.448. The highest BCUT2D eigenvalue weighted by Gasteiger charge is 2.24. The Morgan fingerprint density at radius 1 is 1.06 bits per heavy atom. The molecular formula is C26H24N2O5. The fraction of sp³-hybridized carbons (Fsp3) is 0.231. The Hall–Kier alpha value is -3.84. The Morgan fingerprint density at radius 2 is 1.91 bits per heavy atom. The van der Waals surface area contributed by atoms with Gasteiger partial charge >= 0.3 is 0 Å². The summed E-state index contributed by atoms with van der Waals surface area (Å²) >= 11 is 0. The molecule has 1 aliphatic rings. The molecule has 4 aromatic rings. The second-order valence-corrected chi connectivity index (χ2v) is 7.93. The van der Waals surface area contributed by atoms with Crippen LogP contribution in [0.25, 0.3) is 22.1 Å². The number of rotatable bonds is 5. The lowest BCUT2D eigenvalue weighted by Crippen LogP contribution is -2.32. The van der Waals surface area contributed by atoms with Crippen LogP contribution in [0.3, 0.4) is 0 Å². The SMILES string of the molecule is COc1ccc(-c2c(C)oc3c4c(ccc3c2=O)OCN(Cc2ccccn2)C4)cc1OC. The van der Waals surface area contributed by atoms with Gasteiger partial charge in [-0.25, -0.2) is 0 Å². The Balaban J connectivity index is 1.57. The molecule has 0 aliphatic carbocycles. The van der Waals surface area contributed by atoms with E-state index in [1.165, 1.54) is 0 Å². The summed E-state index contributed by atoms with van der Waals surface area (Å²) in [6.07, 6.45) is 1.78. The molecule has 168 valence electrons. The number of aromatic nitrogens is 1. The van der Waals surface area contributed by atoms with Crippen LogP contribution in [0.15, 0.2) is 63.9 Å². The number of benzene rings is 2. The molecule has 0 spiro atoms. The summed E-state index contributed by atoms with van der Waals surface area (Å²) in [6.45, 7) is 3.49. The lowest BCUT2D eigenvalue weighted by molar-refractivity contribution is 0.0878. The number of ether oxygens (including phenoxy) is 3.